The van der Waals surface area contributed by atoms with Gasteiger partial charge in [0.2, 0.25) is 0 Å². The Bertz CT molecular complexity index is 264. The minimum Gasteiger partial charge on any atom is -0.466 e. The number of carbonyl (C=O) groups excluding carboxylic acids is 2. The molecule has 0 heterocycles. The molecule has 21 heavy (non-hydrogen) atoms. The highest BCUT2D eigenvalue weighted by Gasteiger charge is 2.03. The van der Waals surface area contributed by atoms with E-state index in [-0.39, 0.29) is 11.9 Å². The molecule has 0 saturated heterocycles. The summed E-state index contributed by atoms with van der Waals surface area (Å²) in [5.74, 6) is -0.145. The molecule has 124 valence electrons. The van der Waals surface area contributed by atoms with Gasteiger partial charge in [-0.2, -0.15) is 0 Å². The van der Waals surface area contributed by atoms with Crippen molar-refractivity contribution in [3.63, 3.8) is 0 Å². The molecule has 0 aromatic heterocycles. The van der Waals surface area contributed by atoms with Crippen LogP contribution in [0.5, 0.6) is 0 Å². The Labute approximate surface area is 129 Å². The van der Waals surface area contributed by atoms with Crippen molar-refractivity contribution in [2.45, 2.75) is 84.5 Å². The van der Waals surface area contributed by atoms with Crippen molar-refractivity contribution < 1.29 is 19.1 Å². The molecule has 0 saturated carbocycles. The van der Waals surface area contributed by atoms with Gasteiger partial charge in [-0.3, -0.25) is 9.59 Å². The monoisotopic (exact) mass is 300 g/mol. The van der Waals surface area contributed by atoms with Gasteiger partial charge in [-0.1, -0.05) is 46.0 Å². The molecule has 0 bridgehead atoms. The van der Waals surface area contributed by atoms with Gasteiger partial charge in [0, 0.05) is 12.8 Å². The Hall–Kier alpha value is -1.06. The average molecular weight is 300 g/mol. The number of hydrogen-bond donors (Lipinski definition) is 0. The maximum Gasteiger partial charge on any atom is 0.305 e. The molecule has 0 amide bonds. The van der Waals surface area contributed by atoms with Gasteiger partial charge >= 0.3 is 11.9 Å². The highest BCUT2D eigenvalue weighted by Crippen LogP contribution is 2.09. The summed E-state index contributed by atoms with van der Waals surface area (Å²) in [7, 11) is 0. The Kier molecular flexibility index (Phi) is 14.6. The van der Waals surface area contributed by atoms with Crippen LogP contribution >= 0.6 is 0 Å². The third-order valence-corrected chi connectivity index (χ3v) is 3.24. The van der Waals surface area contributed by atoms with E-state index in [9.17, 15) is 9.59 Å². The topological polar surface area (TPSA) is 52.6 Å². The van der Waals surface area contributed by atoms with Gasteiger partial charge in [0.25, 0.3) is 0 Å². The van der Waals surface area contributed by atoms with Crippen LogP contribution in [0, 0.1) is 0 Å². The first-order valence-corrected chi connectivity index (χ1v) is 8.52. The number of rotatable bonds is 14. The van der Waals surface area contributed by atoms with E-state index in [2.05, 4.69) is 6.92 Å². The van der Waals surface area contributed by atoms with Crippen LogP contribution in [0.2, 0.25) is 0 Å². The summed E-state index contributed by atoms with van der Waals surface area (Å²) < 4.78 is 10.1. The van der Waals surface area contributed by atoms with Crippen LogP contribution in [0.15, 0.2) is 0 Å². The zero-order chi connectivity index (χ0) is 15.8. The van der Waals surface area contributed by atoms with Gasteiger partial charge in [-0.15, -0.1) is 0 Å². The molecule has 0 aromatic rings. The lowest BCUT2D eigenvalue weighted by molar-refractivity contribution is -0.144. The van der Waals surface area contributed by atoms with Crippen molar-refractivity contribution in [2.75, 3.05) is 13.2 Å². The Morgan fingerprint density at radius 3 is 1.57 bits per heavy atom. The van der Waals surface area contributed by atoms with E-state index in [1.54, 1.807) is 0 Å². The zero-order valence-corrected chi connectivity index (χ0v) is 13.8. The second-order valence-corrected chi connectivity index (χ2v) is 5.42. The molecule has 4 nitrogen and oxygen atoms in total. The van der Waals surface area contributed by atoms with E-state index in [1.165, 1.54) is 0 Å². The summed E-state index contributed by atoms with van der Waals surface area (Å²) in [5.41, 5.74) is 0. The highest BCUT2D eigenvalue weighted by molar-refractivity contribution is 5.69. The van der Waals surface area contributed by atoms with Gasteiger partial charge < -0.3 is 9.47 Å². The van der Waals surface area contributed by atoms with Crippen molar-refractivity contribution >= 4 is 11.9 Å². The SMILES string of the molecule is CCCCOC(=O)CCCCCCCCC(=O)OCCC. The largest absolute Gasteiger partial charge is 0.466 e. The zero-order valence-electron chi connectivity index (χ0n) is 13.8. The van der Waals surface area contributed by atoms with E-state index in [0.717, 1.165) is 57.8 Å². The fourth-order valence-electron chi connectivity index (χ4n) is 1.94. The molecule has 0 N–H and O–H groups in total. The first-order chi connectivity index (χ1) is 10.2. The maximum absolute atomic E-state index is 11.3. The Balaban J connectivity index is 3.21. The molecule has 0 aliphatic rings. The second-order valence-electron chi connectivity index (χ2n) is 5.42. The number of hydrogen-bond acceptors (Lipinski definition) is 4. The minimum absolute atomic E-state index is 0.0675. The predicted molar refractivity (Wildman–Crippen MR) is 84.1 cm³/mol. The smallest absolute Gasteiger partial charge is 0.305 e. The molecule has 0 aromatic carbocycles. The summed E-state index contributed by atoms with van der Waals surface area (Å²) in [6.07, 6.45) is 10.1. The van der Waals surface area contributed by atoms with Crippen LogP contribution in [-0.4, -0.2) is 25.2 Å². The van der Waals surface area contributed by atoms with E-state index >= 15 is 0 Å². The Morgan fingerprint density at radius 1 is 0.619 bits per heavy atom. The average Bonchev–Trinajstić information content (AvgIpc) is 2.48. The summed E-state index contributed by atoms with van der Waals surface area (Å²) >= 11 is 0. The van der Waals surface area contributed by atoms with Crippen molar-refractivity contribution in [3.05, 3.63) is 0 Å². The maximum atomic E-state index is 11.3. The van der Waals surface area contributed by atoms with Crippen LogP contribution in [0.25, 0.3) is 0 Å². The van der Waals surface area contributed by atoms with Crippen LogP contribution in [0.4, 0.5) is 0 Å². The lowest BCUT2D eigenvalue weighted by Crippen LogP contribution is -2.05. The van der Waals surface area contributed by atoms with Gasteiger partial charge in [0.1, 0.15) is 0 Å². The van der Waals surface area contributed by atoms with E-state index < -0.39 is 0 Å². The van der Waals surface area contributed by atoms with Crippen molar-refractivity contribution in [3.8, 4) is 0 Å². The van der Waals surface area contributed by atoms with Crippen LogP contribution < -0.4 is 0 Å². The molecule has 0 aliphatic heterocycles. The standard InChI is InChI=1S/C17H32O4/c1-3-5-15-21-17(19)13-11-9-7-6-8-10-12-16(18)20-14-4-2/h3-15H2,1-2H3. The van der Waals surface area contributed by atoms with Gasteiger partial charge in [0.05, 0.1) is 13.2 Å². The molecule has 0 unspecified atom stereocenters. The number of ether oxygens (including phenoxy) is 2. The quantitative estimate of drug-likeness (QED) is 0.352. The predicted octanol–water partition coefficient (Wildman–Crippen LogP) is 4.40. The molecule has 0 atom stereocenters. The molecule has 0 rings (SSSR count). The number of carbonyl (C=O) groups is 2. The Morgan fingerprint density at radius 2 is 1.10 bits per heavy atom. The fraction of sp³-hybridized carbons (Fsp3) is 0.882. The number of unbranched alkanes of at least 4 members (excludes halogenated alkanes) is 6. The van der Waals surface area contributed by atoms with E-state index in [4.69, 9.17) is 9.47 Å². The summed E-state index contributed by atoms with van der Waals surface area (Å²) in [6, 6.07) is 0. The lowest BCUT2D eigenvalue weighted by atomic mass is 10.1. The van der Waals surface area contributed by atoms with Gasteiger partial charge in [-0.25, -0.2) is 0 Å². The van der Waals surface area contributed by atoms with Crippen molar-refractivity contribution in [1.82, 2.24) is 0 Å². The first kappa shape index (κ1) is 19.9. The minimum atomic E-state index is -0.0772. The van der Waals surface area contributed by atoms with E-state index in [0.29, 0.717) is 26.1 Å². The fourth-order valence-corrected chi connectivity index (χ4v) is 1.94. The number of esters is 2. The third-order valence-electron chi connectivity index (χ3n) is 3.24. The van der Waals surface area contributed by atoms with Crippen LogP contribution in [0.3, 0.4) is 0 Å². The van der Waals surface area contributed by atoms with Crippen LogP contribution in [-0.2, 0) is 19.1 Å². The lowest BCUT2D eigenvalue weighted by Gasteiger charge is -2.04. The summed E-state index contributed by atoms with van der Waals surface area (Å²) in [4.78, 5) is 22.6. The summed E-state index contributed by atoms with van der Waals surface area (Å²) in [6.45, 7) is 5.17. The van der Waals surface area contributed by atoms with Crippen LogP contribution in [0.1, 0.15) is 84.5 Å². The molecule has 0 spiro atoms. The summed E-state index contributed by atoms with van der Waals surface area (Å²) in [5, 5.41) is 0. The van der Waals surface area contributed by atoms with E-state index in [1.807, 2.05) is 6.92 Å². The molecular weight excluding hydrogens is 268 g/mol. The molecule has 0 aliphatic carbocycles. The van der Waals surface area contributed by atoms with Crippen molar-refractivity contribution in [2.24, 2.45) is 0 Å². The molecule has 4 heteroatoms. The second kappa shape index (κ2) is 15.3. The molecular formula is C17H32O4. The molecule has 0 radical (unpaired) electrons. The normalized spacial score (nSPS) is 10.4. The molecule has 0 fully saturated rings. The van der Waals surface area contributed by atoms with Crippen molar-refractivity contribution in [1.29, 1.82) is 0 Å². The van der Waals surface area contributed by atoms with Gasteiger partial charge in [-0.05, 0) is 25.7 Å². The third kappa shape index (κ3) is 15.2. The first-order valence-electron chi connectivity index (χ1n) is 8.52. The highest BCUT2D eigenvalue weighted by atomic mass is 16.5. The van der Waals surface area contributed by atoms with Gasteiger partial charge in [0.15, 0.2) is 0 Å².